The fourth-order valence-corrected chi connectivity index (χ4v) is 4.02. The lowest BCUT2D eigenvalue weighted by atomic mass is 10.1. The van der Waals surface area contributed by atoms with Crippen LogP contribution in [0.15, 0.2) is 48.2 Å². The number of fused-ring (bicyclic) bond motifs is 1. The third-order valence-corrected chi connectivity index (χ3v) is 5.77. The first-order valence-corrected chi connectivity index (χ1v) is 11.1. The predicted octanol–water partition coefficient (Wildman–Crippen LogP) is 3.67. The minimum absolute atomic E-state index is 0.160. The fourth-order valence-electron chi connectivity index (χ4n) is 4.02. The van der Waals surface area contributed by atoms with E-state index in [0.717, 1.165) is 25.2 Å². The Morgan fingerprint density at radius 2 is 1.94 bits per heavy atom. The normalized spacial score (nSPS) is 17.7. The van der Waals surface area contributed by atoms with Crippen LogP contribution in [0.25, 0.3) is 6.08 Å². The molecule has 7 nitrogen and oxygen atoms in total. The van der Waals surface area contributed by atoms with Crippen molar-refractivity contribution in [1.29, 1.82) is 0 Å². The number of ether oxygens (including phenoxy) is 2. The molecule has 1 fully saturated rings. The van der Waals surface area contributed by atoms with Crippen LogP contribution in [0.3, 0.4) is 0 Å². The monoisotopic (exact) mass is 435 g/mol. The van der Waals surface area contributed by atoms with Crippen molar-refractivity contribution in [2.45, 2.75) is 25.7 Å². The Morgan fingerprint density at radius 3 is 2.72 bits per heavy atom. The SMILES string of the molecule is COc1ccccc1C=C1Oc2ccc(C(=O)NCCN3CCCCCC3)cc2NC1=O. The summed E-state index contributed by atoms with van der Waals surface area (Å²) in [7, 11) is 1.58. The Kier molecular flexibility index (Phi) is 7.07. The van der Waals surface area contributed by atoms with Crippen LogP contribution in [0.2, 0.25) is 0 Å². The first-order valence-electron chi connectivity index (χ1n) is 11.1. The molecule has 7 heteroatoms. The van der Waals surface area contributed by atoms with Crippen LogP contribution < -0.4 is 20.1 Å². The Balaban J connectivity index is 1.40. The van der Waals surface area contributed by atoms with Crippen LogP contribution in [-0.2, 0) is 4.79 Å². The Labute approximate surface area is 188 Å². The average Bonchev–Trinajstić information content (AvgIpc) is 3.08. The first-order chi connectivity index (χ1) is 15.6. The van der Waals surface area contributed by atoms with Crippen molar-refractivity contribution in [3.8, 4) is 11.5 Å². The van der Waals surface area contributed by atoms with Crippen molar-refractivity contribution in [3.63, 3.8) is 0 Å². The van der Waals surface area contributed by atoms with Gasteiger partial charge in [0.1, 0.15) is 5.75 Å². The molecule has 168 valence electrons. The van der Waals surface area contributed by atoms with Gasteiger partial charge >= 0.3 is 0 Å². The molecule has 0 unspecified atom stereocenters. The zero-order valence-corrected chi connectivity index (χ0v) is 18.4. The van der Waals surface area contributed by atoms with Crippen molar-refractivity contribution in [1.82, 2.24) is 10.2 Å². The lowest BCUT2D eigenvalue weighted by molar-refractivity contribution is -0.115. The summed E-state index contributed by atoms with van der Waals surface area (Å²) in [6, 6.07) is 12.4. The lowest BCUT2D eigenvalue weighted by Crippen LogP contribution is -2.35. The molecule has 0 aromatic heterocycles. The number of nitrogens with zero attached hydrogens (tertiary/aromatic N) is 1. The average molecular weight is 436 g/mol. The molecule has 2 aliphatic rings. The second kappa shape index (κ2) is 10.3. The number of benzene rings is 2. The molecular formula is C25H29N3O4. The van der Waals surface area contributed by atoms with Crippen molar-refractivity contribution < 1.29 is 19.1 Å². The van der Waals surface area contributed by atoms with Crippen LogP contribution in [0.5, 0.6) is 11.5 Å². The number of carbonyl (C=O) groups is 2. The molecule has 2 amide bonds. The van der Waals surface area contributed by atoms with Crippen LogP contribution in [0.4, 0.5) is 5.69 Å². The van der Waals surface area contributed by atoms with Crippen LogP contribution in [-0.4, -0.2) is 50.0 Å². The van der Waals surface area contributed by atoms with E-state index in [1.807, 2.05) is 24.3 Å². The summed E-state index contributed by atoms with van der Waals surface area (Å²) in [5.74, 6) is 0.771. The molecule has 0 atom stereocenters. The van der Waals surface area contributed by atoms with Gasteiger partial charge in [0, 0.05) is 24.2 Å². The molecule has 0 spiro atoms. The van der Waals surface area contributed by atoms with Gasteiger partial charge in [-0.1, -0.05) is 31.0 Å². The molecular weight excluding hydrogens is 406 g/mol. The molecule has 2 aromatic carbocycles. The lowest BCUT2D eigenvalue weighted by Gasteiger charge is -2.21. The molecule has 0 aliphatic carbocycles. The second-order valence-corrected chi connectivity index (χ2v) is 8.03. The highest BCUT2D eigenvalue weighted by molar-refractivity contribution is 6.09. The Hall–Kier alpha value is -3.32. The number of nitrogens with one attached hydrogen (secondary N) is 2. The van der Waals surface area contributed by atoms with E-state index >= 15 is 0 Å². The van der Waals surface area contributed by atoms with Crippen molar-refractivity contribution in [2.75, 3.05) is 38.6 Å². The first kappa shape index (κ1) is 21.9. The van der Waals surface area contributed by atoms with Crippen molar-refractivity contribution >= 4 is 23.6 Å². The minimum Gasteiger partial charge on any atom is -0.496 e. The molecule has 2 heterocycles. The number of carbonyl (C=O) groups excluding carboxylic acids is 2. The van der Waals surface area contributed by atoms with Crippen LogP contribution >= 0.6 is 0 Å². The van der Waals surface area contributed by atoms with Crippen molar-refractivity contribution in [3.05, 3.63) is 59.4 Å². The topological polar surface area (TPSA) is 79.9 Å². The molecule has 1 saturated heterocycles. The number of anilines is 1. The summed E-state index contributed by atoms with van der Waals surface area (Å²) < 4.78 is 11.1. The minimum atomic E-state index is -0.373. The van der Waals surface area contributed by atoms with Gasteiger partial charge in [-0.25, -0.2) is 0 Å². The Morgan fingerprint density at radius 1 is 1.16 bits per heavy atom. The fraction of sp³-hybridized carbons (Fsp3) is 0.360. The largest absolute Gasteiger partial charge is 0.496 e. The predicted molar refractivity (Wildman–Crippen MR) is 124 cm³/mol. The second-order valence-electron chi connectivity index (χ2n) is 8.03. The molecule has 4 rings (SSSR count). The highest BCUT2D eigenvalue weighted by atomic mass is 16.5. The Bertz CT molecular complexity index is 1010. The third-order valence-electron chi connectivity index (χ3n) is 5.77. The van der Waals surface area contributed by atoms with E-state index < -0.39 is 0 Å². The van der Waals surface area contributed by atoms with E-state index in [9.17, 15) is 9.59 Å². The molecule has 2 aromatic rings. The van der Waals surface area contributed by atoms with E-state index in [4.69, 9.17) is 9.47 Å². The summed E-state index contributed by atoms with van der Waals surface area (Å²) in [4.78, 5) is 27.6. The van der Waals surface area contributed by atoms with Gasteiger partial charge in [-0.15, -0.1) is 0 Å². The standard InChI is InChI=1S/C25H29N3O4/c1-31-21-9-5-4-8-18(21)17-23-25(30)27-20-16-19(10-11-22(20)32-23)24(29)26-12-15-28-13-6-2-3-7-14-28/h4-5,8-11,16-17H,2-3,6-7,12-15H2,1H3,(H,26,29)(H,27,30). The quantitative estimate of drug-likeness (QED) is 0.677. The maximum Gasteiger partial charge on any atom is 0.291 e. The molecule has 0 bridgehead atoms. The summed E-state index contributed by atoms with van der Waals surface area (Å²) >= 11 is 0. The summed E-state index contributed by atoms with van der Waals surface area (Å²) in [5.41, 5.74) is 1.71. The number of likely N-dealkylation sites (tertiary alicyclic amines) is 1. The van der Waals surface area contributed by atoms with Crippen LogP contribution in [0, 0.1) is 0 Å². The van der Waals surface area contributed by atoms with Gasteiger partial charge in [0.15, 0.2) is 11.5 Å². The number of hydrogen-bond acceptors (Lipinski definition) is 5. The number of methoxy groups -OCH3 is 1. The maximum atomic E-state index is 12.6. The highest BCUT2D eigenvalue weighted by Crippen LogP contribution is 2.33. The molecule has 32 heavy (non-hydrogen) atoms. The maximum absolute atomic E-state index is 12.6. The van der Waals surface area contributed by atoms with Crippen molar-refractivity contribution in [2.24, 2.45) is 0 Å². The smallest absolute Gasteiger partial charge is 0.291 e. The molecule has 2 aliphatic heterocycles. The van der Waals surface area contributed by atoms with Crippen LogP contribution in [0.1, 0.15) is 41.6 Å². The molecule has 0 radical (unpaired) electrons. The van der Waals surface area contributed by atoms with Gasteiger partial charge in [-0.05, 0) is 56.3 Å². The summed E-state index contributed by atoms with van der Waals surface area (Å²) in [6.07, 6.45) is 6.68. The van der Waals surface area contributed by atoms with E-state index in [0.29, 0.717) is 29.3 Å². The summed E-state index contributed by atoms with van der Waals surface area (Å²) in [5, 5.41) is 5.80. The summed E-state index contributed by atoms with van der Waals surface area (Å²) in [6.45, 7) is 3.66. The van der Waals surface area contributed by atoms with Gasteiger partial charge in [-0.2, -0.15) is 0 Å². The zero-order chi connectivity index (χ0) is 22.3. The van der Waals surface area contributed by atoms with E-state index in [1.165, 1.54) is 25.7 Å². The number of para-hydroxylation sites is 1. The number of amides is 2. The molecule has 2 N–H and O–H groups in total. The van der Waals surface area contributed by atoms with Gasteiger partial charge in [0.25, 0.3) is 11.8 Å². The number of rotatable bonds is 6. The highest BCUT2D eigenvalue weighted by Gasteiger charge is 2.23. The number of hydrogen-bond donors (Lipinski definition) is 2. The van der Waals surface area contributed by atoms with Gasteiger partial charge in [-0.3, -0.25) is 9.59 Å². The van der Waals surface area contributed by atoms with E-state index in [2.05, 4.69) is 15.5 Å². The van der Waals surface area contributed by atoms with Gasteiger partial charge in [0.2, 0.25) is 0 Å². The molecule has 0 saturated carbocycles. The van der Waals surface area contributed by atoms with Gasteiger partial charge in [0.05, 0.1) is 12.8 Å². The van der Waals surface area contributed by atoms with E-state index in [-0.39, 0.29) is 17.6 Å². The third kappa shape index (κ3) is 5.29. The van der Waals surface area contributed by atoms with E-state index in [1.54, 1.807) is 31.4 Å². The zero-order valence-electron chi connectivity index (χ0n) is 18.4. The van der Waals surface area contributed by atoms with Gasteiger partial charge < -0.3 is 25.0 Å².